The van der Waals surface area contributed by atoms with Crippen LogP contribution in [0.3, 0.4) is 0 Å². The highest BCUT2D eigenvalue weighted by atomic mass is 32.2. The average Bonchev–Trinajstić information content (AvgIpc) is 4.18. The third kappa shape index (κ3) is 10.0. The first-order valence-corrected chi connectivity index (χ1v) is 33.3. The smallest absolute Gasteiger partial charge is 0.211 e. The van der Waals surface area contributed by atoms with Crippen molar-refractivity contribution < 1.29 is 28.1 Å². The number of allylic oxidation sites excluding steroid dienone is 4. The normalized spacial score (nSPS) is 47.1. The molecule has 0 unspecified atom stereocenters. The van der Waals surface area contributed by atoms with Crippen LogP contribution in [0.25, 0.3) is 0 Å². The third-order valence-electron chi connectivity index (χ3n) is 24.6. The van der Waals surface area contributed by atoms with E-state index in [9.17, 15) is 18.6 Å². The summed E-state index contributed by atoms with van der Waals surface area (Å²) in [6.07, 6.45) is 26.5. The van der Waals surface area contributed by atoms with E-state index >= 15 is 0 Å². The number of fused-ring (bicyclic) bond motifs is 12. The molecule has 0 amide bonds. The minimum Gasteiger partial charge on any atom is -0.393 e. The lowest BCUT2D eigenvalue weighted by Crippen LogP contribution is -2.53. The van der Waals surface area contributed by atoms with E-state index < -0.39 is 10.0 Å². The SMILES string of the molecule is CC1=C2C[C@H]3[C@@H](CCC4=C[C@@H](O)CC[C@@]43C)[C@@H]2CC[C@@]2(C1)O[C@@H]1C[C@H](C)CN(CCN(C)C)[C@H]1[C@H]2C.CCCS(=O)(=O)NCCN1C[C@@H](C)C[C@H]2O[C@]3(CC[C@@H]4C(=C(C)C3)C[C@H]3[C@H]4CC=C4C[C@@H](O)CC[C@@]43C)[C@H](C)[C@@H]21. The quantitative estimate of drug-likeness (QED) is 0.194. The molecule has 10 nitrogen and oxygen atoms in total. The van der Waals surface area contributed by atoms with Crippen molar-refractivity contribution in [1.29, 1.82) is 0 Å². The van der Waals surface area contributed by atoms with Crippen molar-refractivity contribution in [2.24, 2.45) is 70.0 Å². The van der Waals surface area contributed by atoms with Gasteiger partial charge in [0.2, 0.25) is 10.0 Å². The number of nitrogens with zero attached hydrogens (tertiary/aromatic N) is 3. The minimum absolute atomic E-state index is 0.0330. The van der Waals surface area contributed by atoms with Crippen LogP contribution in [0.2, 0.25) is 0 Å². The topological polar surface area (TPSA) is 115 Å². The lowest BCUT2D eigenvalue weighted by molar-refractivity contribution is -0.0796. The van der Waals surface area contributed by atoms with E-state index in [1.165, 1.54) is 70.8 Å². The van der Waals surface area contributed by atoms with Crippen molar-refractivity contribution in [2.45, 2.75) is 232 Å². The predicted octanol–water partition coefficient (Wildman–Crippen LogP) is 11.1. The molecule has 4 heterocycles. The molecule has 428 valence electrons. The molecular weight excluding hydrogens is 965 g/mol. The molecule has 2 spiro atoms. The van der Waals surface area contributed by atoms with E-state index in [0.29, 0.717) is 60.2 Å². The Morgan fingerprint density at radius 2 is 1.28 bits per heavy atom. The predicted molar refractivity (Wildman–Crippen MR) is 307 cm³/mol. The molecule has 4 saturated heterocycles. The molecule has 8 aliphatic carbocycles. The first-order chi connectivity index (χ1) is 36.1. The second-order valence-electron chi connectivity index (χ2n) is 29.4. The highest BCUT2D eigenvalue weighted by molar-refractivity contribution is 7.89. The Kier molecular flexibility index (Phi) is 15.9. The Bertz CT molecular complexity index is 2400. The Balaban J connectivity index is 0.000000163. The van der Waals surface area contributed by atoms with Crippen LogP contribution in [-0.2, 0) is 19.5 Å². The van der Waals surface area contributed by atoms with Crippen LogP contribution in [0.4, 0.5) is 0 Å². The molecule has 76 heavy (non-hydrogen) atoms. The fraction of sp³-hybridized carbons (Fsp3) is 0.877. The van der Waals surface area contributed by atoms with Crippen LogP contribution in [0.1, 0.15) is 184 Å². The molecule has 11 heteroatoms. The maximum atomic E-state index is 12.3. The fourth-order valence-electron chi connectivity index (χ4n) is 20.8. The lowest BCUT2D eigenvalue weighted by atomic mass is 9.56. The largest absolute Gasteiger partial charge is 0.393 e. The number of piperidine rings is 2. The van der Waals surface area contributed by atoms with E-state index in [2.05, 4.69) is 101 Å². The number of aliphatic hydroxyl groups is 2. The van der Waals surface area contributed by atoms with Crippen LogP contribution in [0.5, 0.6) is 0 Å². The van der Waals surface area contributed by atoms with Crippen LogP contribution in [0, 0.1) is 70.0 Å². The van der Waals surface area contributed by atoms with Gasteiger partial charge in [-0.2, -0.15) is 0 Å². The van der Waals surface area contributed by atoms with Gasteiger partial charge in [0.05, 0.1) is 41.4 Å². The van der Waals surface area contributed by atoms with Gasteiger partial charge in [0.1, 0.15) is 0 Å². The first-order valence-electron chi connectivity index (χ1n) is 31.7. The summed E-state index contributed by atoms with van der Waals surface area (Å²) in [4.78, 5) is 7.69. The molecule has 8 fully saturated rings. The van der Waals surface area contributed by atoms with Gasteiger partial charge in [-0.25, -0.2) is 13.1 Å². The van der Waals surface area contributed by atoms with Gasteiger partial charge in [0.25, 0.3) is 0 Å². The Morgan fingerprint density at radius 1 is 0.724 bits per heavy atom. The van der Waals surface area contributed by atoms with Crippen molar-refractivity contribution in [3.63, 3.8) is 0 Å². The van der Waals surface area contributed by atoms with Crippen molar-refractivity contribution in [3.05, 3.63) is 45.6 Å². The second kappa shape index (κ2) is 21.4. The van der Waals surface area contributed by atoms with Crippen molar-refractivity contribution >= 4 is 10.0 Å². The summed E-state index contributed by atoms with van der Waals surface area (Å²) in [6.45, 7) is 27.4. The van der Waals surface area contributed by atoms with Crippen molar-refractivity contribution in [1.82, 2.24) is 19.4 Å². The van der Waals surface area contributed by atoms with Gasteiger partial charge >= 0.3 is 0 Å². The van der Waals surface area contributed by atoms with Crippen molar-refractivity contribution in [2.75, 3.05) is 59.1 Å². The number of likely N-dealkylation sites (tertiary alicyclic amines) is 2. The molecule has 0 aromatic rings. The first kappa shape index (κ1) is 56.5. The number of rotatable bonds is 9. The number of likely N-dealkylation sites (N-methyl/N-ethyl adjacent to an activating group) is 1. The van der Waals surface area contributed by atoms with Gasteiger partial charge in [-0.05, 0) is 208 Å². The molecule has 4 saturated carbocycles. The van der Waals surface area contributed by atoms with E-state index in [0.717, 1.165) is 113 Å². The third-order valence-corrected chi connectivity index (χ3v) is 26.2. The highest BCUT2D eigenvalue weighted by Crippen LogP contribution is 2.66. The molecule has 3 N–H and O–H groups in total. The standard InChI is InChI=1S/C33H54N2O4S.C32H52N2O2/c1-6-15-40(37,38)34-13-14-35-20-21(2)16-30-31(35)23(4)33(39-30)12-10-26-27-8-7-24-17-25(36)9-11-32(24,5)29(27)18-28(26)22(3)19-33;1-20-15-29-30(34(19-20)14-13-33(5)6)22(3)32(36-29)12-10-25-26-8-7-23-16-24(35)9-11-31(23,4)28(26)17-27(25)21(2)18-32/h7,21,23,25-27,29-31,34,36H,6,8-20H2,1-5H3;16,20,22,24-26,28-30,35H,7-15,17-19H2,1-6H3/t21-,23+,25-,26-,27-,29-,30+,31-,32-,33-;20-,22+,24-,25-,26-,28-,29+,30-,31-,32-/m00/s1. The molecular formula is C65H106N4O6S. The summed E-state index contributed by atoms with van der Waals surface area (Å²) in [5, 5.41) is 20.7. The van der Waals surface area contributed by atoms with E-state index in [1.807, 2.05) is 12.5 Å². The summed E-state index contributed by atoms with van der Waals surface area (Å²) in [5.41, 5.74) is 10.5. The number of hydrogen-bond acceptors (Lipinski definition) is 9. The van der Waals surface area contributed by atoms with E-state index in [4.69, 9.17) is 9.47 Å². The number of sulfonamides is 1. The Morgan fingerprint density at radius 3 is 1.87 bits per heavy atom. The summed E-state index contributed by atoms with van der Waals surface area (Å²) in [5.74, 6) is 7.01. The van der Waals surface area contributed by atoms with Crippen molar-refractivity contribution in [3.8, 4) is 0 Å². The zero-order valence-corrected chi connectivity index (χ0v) is 50.4. The number of nitrogens with one attached hydrogen (secondary N) is 1. The Labute approximate surface area is 462 Å². The molecule has 4 aliphatic heterocycles. The number of aliphatic hydroxyl groups excluding tert-OH is 2. The molecule has 0 aromatic heterocycles. The Hall–Kier alpha value is -1.41. The monoisotopic (exact) mass is 1070 g/mol. The maximum absolute atomic E-state index is 12.3. The van der Waals surface area contributed by atoms with Gasteiger partial charge in [0.15, 0.2) is 0 Å². The molecule has 0 bridgehead atoms. The molecule has 20 atom stereocenters. The van der Waals surface area contributed by atoms with Gasteiger partial charge < -0.3 is 24.6 Å². The highest BCUT2D eigenvalue weighted by Gasteiger charge is 2.62. The van der Waals surface area contributed by atoms with Gasteiger partial charge in [-0.15, -0.1) is 0 Å². The number of ether oxygens (including phenoxy) is 2. The molecule has 0 aromatic carbocycles. The van der Waals surface area contributed by atoms with Gasteiger partial charge in [0, 0.05) is 63.2 Å². The van der Waals surface area contributed by atoms with E-state index in [-0.39, 0.29) is 40.7 Å². The summed E-state index contributed by atoms with van der Waals surface area (Å²) < 4.78 is 41.9. The van der Waals surface area contributed by atoms with E-state index in [1.54, 1.807) is 27.9 Å². The summed E-state index contributed by atoms with van der Waals surface area (Å²) in [6, 6.07) is 0.947. The maximum Gasteiger partial charge on any atom is 0.211 e. The average molecular weight is 1070 g/mol. The molecule has 12 aliphatic rings. The zero-order valence-electron chi connectivity index (χ0n) is 49.6. The second-order valence-corrected chi connectivity index (χ2v) is 31.4. The zero-order chi connectivity index (χ0) is 53.9. The fourth-order valence-corrected chi connectivity index (χ4v) is 21.9. The van der Waals surface area contributed by atoms with Gasteiger partial charge in [-0.1, -0.05) is 94.1 Å². The lowest BCUT2D eigenvalue weighted by Gasteiger charge is -2.49. The van der Waals surface area contributed by atoms with Crippen LogP contribution in [-0.4, -0.2) is 140 Å². The minimum atomic E-state index is -3.18. The summed E-state index contributed by atoms with van der Waals surface area (Å²) >= 11 is 0. The van der Waals surface area contributed by atoms with Gasteiger partial charge in [-0.3, -0.25) is 9.80 Å². The number of hydrogen-bond donors (Lipinski definition) is 3. The molecule has 12 rings (SSSR count). The molecule has 0 radical (unpaired) electrons. The van der Waals surface area contributed by atoms with Crippen LogP contribution in [0.15, 0.2) is 45.6 Å². The van der Waals surface area contributed by atoms with Crippen LogP contribution < -0.4 is 4.72 Å². The van der Waals surface area contributed by atoms with Crippen LogP contribution >= 0.6 is 0 Å². The summed E-state index contributed by atoms with van der Waals surface area (Å²) in [7, 11) is 1.22.